The summed E-state index contributed by atoms with van der Waals surface area (Å²) in [4.78, 5) is 29.0. The van der Waals surface area contributed by atoms with E-state index in [1.165, 1.54) is 4.90 Å². The van der Waals surface area contributed by atoms with Crippen LogP contribution in [-0.2, 0) is 9.59 Å². The van der Waals surface area contributed by atoms with Gasteiger partial charge in [-0.2, -0.15) is 0 Å². The molecule has 176 valence electrons. The van der Waals surface area contributed by atoms with E-state index < -0.39 is 17.7 Å². The number of likely N-dealkylation sites (tertiary alicyclic amines) is 1. The summed E-state index contributed by atoms with van der Waals surface area (Å²) >= 11 is 3.44. The number of carbonyl (C=O) groups is 2. The van der Waals surface area contributed by atoms with Gasteiger partial charge in [0.25, 0.3) is 11.7 Å². The van der Waals surface area contributed by atoms with Gasteiger partial charge in [0.15, 0.2) is 0 Å². The van der Waals surface area contributed by atoms with Gasteiger partial charge < -0.3 is 19.6 Å². The quantitative estimate of drug-likeness (QED) is 0.320. The second-order valence-corrected chi connectivity index (χ2v) is 9.91. The maximum absolute atomic E-state index is 13.2. The van der Waals surface area contributed by atoms with Crippen LogP contribution in [0, 0.1) is 6.92 Å². The van der Waals surface area contributed by atoms with Gasteiger partial charge in [0, 0.05) is 23.0 Å². The van der Waals surface area contributed by atoms with Crippen LogP contribution in [0.15, 0.2) is 52.5 Å². The highest BCUT2D eigenvalue weighted by Crippen LogP contribution is 2.40. The van der Waals surface area contributed by atoms with Crippen LogP contribution in [0.25, 0.3) is 5.76 Å². The van der Waals surface area contributed by atoms with Gasteiger partial charge in [0.1, 0.15) is 11.5 Å². The number of ether oxygens (including phenoxy) is 1. The maximum Gasteiger partial charge on any atom is 0.295 e. The van der Waals surface area contributed by atoms with Crippen molar-refractivity contribution in [2.24, 2.45) is 0 Å². The number of aliphatic hydroxyl groups is 1. The maximum atomic E-state index is 13.2. The van der Waals surface area contributed by atoms with Crippen LogP contribution in [0.5, 0.6) is 5.75 Å². The summed E-state index contributed by atoms with van der Waals surface area (Å²) in [6, 6.07) is 12.2. The standard InChI is InChI=1S/C26H31BrN2O4/c1-16(2)33-20-11-12-21(17(3)15-20)24(30)22-23(18-7-9-19(27)10-8-18)29(26(32)25(22)31)14-6-13-28(4)5/h7-12,15-16,23,30H,6,13-14H2,1-5H3/p+1/t23-/m0/s1. The Bertz CT molecular complexity index is 1060. The molecule has 0 spiro atoms. The normalized spacial score (nSPS) is 17.9. The Kier molecular flexibility index (Phi) is 7.97. The van der Waals surface area contributed by atoms with E-state index in [0.29, 0.717) is 17.9 Å². The number of aryl methyl sites for hydroxylation is 1. The van der Waals surface area contributed by atoms with Gasteiger partial charge in [-0.1, -0.05) is 28.1 Å². The van der Waals surface area contributed by atoms with Crippen molar-refractivity contribution in [2.45, 2.75) is 39.3 Å². The predicted molar refractivity (Wildman–Crippen MR) is 132 cm³/mol. The lowest BCUT2D eigenvalue weighted by atomic mass is 9.94. The largest absolute Gasteiger partial charge is 0.507 e. The number of ketones is 1. The van der Waals surface area contributed by atoms with E-state index in [2.05, 4.69) is 30.0 Å². The van der Waals surface area contributed by atoms with E-state index in [-0.39, 0.29) is 17.4 Å². The molecule has 0 aliphatic carbocycles. The Labute approximate surface area is 204 Å². The van der Waals surface area contributed by atoms with Crippen molar-refractivity contribution in [1.29, 1.82) is 0 Å². The van der Waals surface area contributed by atoms with Crippen molar-refractivity contribution in [3.8, 4) is 5.75 Å². The van der Waals surface area contributed by atoms with Gasteiger partial charge in [-0.05, 0) is 62.2 Å². The third-order valence-electron chi connectivity index (χ3n) is 5.63. The molecule has 6 nitrogen and oxygen atoms in total. The van der Waals surface area contributed by atoms with Crippen molar-refractivity contribution >= 4 is 33.4 Å². The van der Waals surface area contributed by atoms with E-state index in [1.807, 2.05) is 51.1 Å². The first kappa shape index (κ1) is 25.0. The summed E-state index contributed by atoms with van der Waals surface area (Å²) in [5.41, 5.74) is 2.19. The molecule has 1 aliphatic heterocycles. The molecule has 3 rings (SSSR count). The monoisotopic (exact) mass is 515 g/mol. The molecule has 1 fully saturated rings. The van der Waals surface area contributed by atoms with Crippen molar-refractivity contribution < 1.29 is 24.3 Å². The first-order chi connectivity index (χ1) is 15.6. The Morgan fingerprint density at radius 3 is 2.39 bits per heavy atom. The minimum atomic E-state index is -0.653. The van der Waals surface area contributed by atoms with Crippen LogP contribution in [0.4, 0.5) is 0 Å². The zero-order valence-electron chi connectivity index (χ0n) is 19.8. The fourth-order valence-electron chi connectivity index (χ4n) is 4.10. The molecule has 1 atom stereocenters. The summed E-state index contributed by atoms with van der Waals surface area (Å²) in [5.74, 6) is -0.694. The zero-order chi connectivity index (χ0) is 24.3. The average Bonchev–Trinajstić information content (AvgIpc) is 2.98. The SMILES string of the molecule is Cc1cc(OC(C)C)ccc1C(O)=C1C(=O)C(=O)N(CCC[NH+](C)C)[C@H]1c1ccc(Br)cc1. The fourth-order valence-corrected chi connectivity index (χ4v) is 4.36. The average molecular weight is 516 g/mol. The van der Waals surface area contributed by atoms with E-state index >= 15 is 0 Å². The number of quaternary nitrogens is 1. The Balaban J connectivity index is 2.08. The van der Waals surface area contributed by atoms with Crippen molar-refractivity contribution in [3.63, 3.8) is 0 Å². The molecule has 0 radical (unpaired) electrons. The Morgan fingerprint density at radius 2 is 1.82 bits per heavy atom. The minimum Gasteiger partial charge on any atom is -0.507 e. The highest BCUT2D eigenvalue weighted by atomic mass is 79.9. The van der Waals surface area contributed by atoms with Gasteiger partial charge in [-0.3, -0.25) is 9.59 Å². The Morgan fingerprint density at radius 1 is 1.15 bits per heavy atom. The highest BCUT2D eigenvalue weighted by molar-refractivity contribution is 9.10. The molecule has 1 aliphatic rings. The number of Topliss-reactive ketones (excluding diaryl/α,β-unsaturated/α-hetero) is 1. The second-order valence-electron chi connectivity index (χ2n) is 9.00. The van der Waals surface area contributed by atoms with Crippen molar-refractivity contribution in [1.82, 2.24) is 4.90 Å². The van der Waals surface area contributed by atoms with Crippen LogP contribution in [0.3, 0.4) is 0 Å². The highest BCUT2D eigenvalue weighted by Gasteiger charge is 2.46. The molecular weight excluding hydrogens is 484 g/mol. The summed E-state index contributed by atoms with van der Waals surface area (Å²) < 4.78 is 6.64. The number of aliphatic hydroxyl groups excluding tert-OH is 1. The summed E-state index contributed by atoms with van der Waals surface area (Å²) in [6.07, 6.45) is 0.776. The molecule has 1 heterocycles. The van der Waals surface area contributed by atoms with E-state index in [0.717, 1.165) is 28.6 Å². The molecule has 0 saturated carbocycles. The molecule has 0 bridgehead atoms. The summed E-state index contributed by atoms with van der Waals surface area (Å²) in [6.45, 7) is 7.05. The number of amides is 1. The smallest absolute Gasteiger partial charge is 0.295 e. The van der Waals surface area contributed by atoms with Crippen LogP contribution >= 0.6 is 15.9 Å². The van der Waals surface area contributed by atoms with Crippen LogP contribution in [-0.4, -0.2) is 55.0 Å². The molecule has 2 aromatic rings. The molecule has 1 amide bonds. The lowest BCUT2D eigenvalue weighted by molar-refractivity contribution is -0.858. The molecule has 0 unspecified atom stereocenters. The molecule has 0 aromatic heterocycles. The number of carbonyl (C=O) groups excluding carboxylic acids is 2. The van der Waals surface area contributed by atoms with Gasteiger partial charge >= 0.3 is 0 Å². The topological polar surface area (TPSA) is 71.3 Å². The van der Waals surface area contributed by atoms with Gasteiger partial charge in [-0.25, -0.2) is 0 Å². The van der Waals surface area contributed by atoms with Crippen LogP contribution < -0.4 is 9.64 Å². The van der Waals surface area contributed by atoms with Crippen molar-refractivity contribution in [2.75, 3.05) is 27.2 Å². The number of nitrogens with one attached hydrogen (secondary N) is 1. The molecule has 33 heavy (non-hydrogen) atoms. The third kappa shape index (κ3) is 5.65. The molecule has 2 N–H and O–H groups in total. The lowest BCUT2D eigenvalue weighted by Crippen LogP contribution is -3.05. The molecule has 2 aromatic carbocycles. The number of hydrogen-bond donors (Lipinski definition) is 2. The number of halogens is 1. The Hall–Kier alpha value is -2.64. The van der Waals surface area contributed by atoms with Gasteiger partial charge in [-0.15, -0.1) is 0 Å². The number of benzene rings is 2. The molecule has 7 heteroatoms. The van der Waals surface area contributed by atoms with Crippen LogP contribution in [0.2, 0.25) is 0 Å². The van der Waals surface area contributed by atoms with E-state index in [1.54, 1.807) is 17.0 Å². The lowest BCUT2D eigenvalue weighted by Gasteiger charge is -2.25. The number of rotatable bonds is 8. The van der Waals surface area contributed by atoms with Gasteiger partial charge in [0.05, 0.1) is 38.4 Å². The van der Waals surface area contributed by atoms with Crippen molar-refractivity contribution in [3.05, 3.63) is 69.2 Å². The molecule has 1 saturated heterocycles. The van der Waals surface area contributed by atoms with Gasteiger partial charge in [0.2, 0.25) is 0 Å². The first-order valence-corrected chi connectivity index (χ1v) is 12.0. The summed E-state index contributed by atoms with van der Waals surface area (Å²) in [5, 5.41) is 11.3. The predicted octanol–water partition coefficient (Wildman–Crippen LogP) is 3.50. The zero-order valence-corrected chi connectivity index (χ0v) is 21.4. The second kappa shape index (κ2) is 10.5. The number of nitrogens with zero attached hydrogens (tertiary/aromatic N) is 1. The minimum absolute atomic E-state index is 0.0237. The van der Waals surface area contributed by atoms with E-state index in [4.69, 9.17) is 4.74 Å². The third-order valence-corrected chi connectivity index (χ3v) is 6.15. The molecular formula is C26H32BrN2O4+. The first-order valence-electron chi connectivity index (χ1n) is 11.2. The fraction of sp³-hybridized carbons (Fsp3) is 0.385. The summed E-state index contributed by atoms with van der Waals surface area (Å²) in [7, 11) is 4.10. The van der Waals surface area contributed by atoms with E-state index in [9.17, 15) is 14.7 Å². The number of hydrogen-bond acceptors (Lipinski definition) is 4. The van der Waals surface area contributed by atoms with Crippen LogP contribution in [0.1, 0.15) is 43.0 Å².